The number of aliphatic hydroxyl groups excluding tert-OH is 1. The quantitative estimate of drug-likeness (QED) is 0.211. The van der Waals surface area contributed by atoms with Crippen LogP contribution in [0.3, 0.4) is 0 Å². The Hall–Kier alpha value is -4.16. The molecule has 2 saturated carbocycles. The Labute approximate surface area is 243 Å². The summed E-state index contributed by atoms with van der Waals surface area (Å²) in [5, 5.41) is 21.4. The van der Waals surface area contributed by atoms with Crippen LogP contribution in [0.1, 0.15) is 54.8 Å². The van der Waals surface area contributed by atoms with E-state index in [0.29, 0.717) is 34.5 Å². The summed E-state index contributed by atoms with van der Waals surface area (Å²) in [6.45, 7) is 0.151. The number of hydrogen-bond acceptors (Lipinski definition) is 7. The predicted octanol–water partition coefficient (Wildman–Crippen LogP) is 6.39. The topological polar surface area (TPSA) is 102 Å². The van der Waals surface area contributed by atoms with E-state index < -0.39 is 23.7 Å². The Kier molecular flexibility index (Phi) is 6.77. The molecule has 2 atom stereocenters. The van der Waals surface area contributed by atoms with Gasteiger partial charge in [-0.1, -0.05) is 6.07 Å². The first-order valence-corrected chi connectivity index (χ1v) is 14.2. The molecule has 5 aromatic rings. The zero-order valence-corrected chi connectivity index (χ0v) is 23.2. The van der Waals surface area contributed by atoms with Gasteiger partial charge in [0, 0.05) is 36.8 Å². The van der Waals surface area contributed by atoms with Crippen LogP contribution in [0.5, 0.6) is 0 Å². The van der Waals surface area contributed by atoms with Crippen LogP contribution in [-0.4, -0.2) is 42.0 Å². The number of aryl methyl sites for hydroxylation is 1. The fraction of sp³-hybridized carbons (Fsp3) is 0.355. The highest BCUT2D eigenvalue weighted by Gasteiger charge is 2.36. The molecule has 3 heterocycles. The third kappa shape index (κ3) is 5.40. The lowest BCUT2D eigenvalue weighted by atomic mass is 9.97. The number of aromatic nitrogens is 5. The highest BCUT2D eigenvalue weighted by molar-refractivity contribution is 5.84. The summed E-state index contributed by atoms with van der Waals surface area (Å²) in [6, 6.07) is 10.5. The van der Waals surface area contributed by atoms with E-state index in [2.05, 4.69) is 20.5 Å². The van der Waals surface area contributed by atoms with Gasteiger partial charge < -0.3 is 19.4 Å². The van der Waals surface area contributed by atoms with Crippen LogP contribution in [-0.2, 0) is 19.8 Å². The lowest BCUT2D eigenvalue weighted by Gasteiger charge is -2.17. The van der Waals surface area contributed by atoms with E-state index in [0.717, 1.165) is 37.4 Å². The Morgan fingerprint density at radius 3 is 2.56 bits per heavy atom. The van der Waals surface area contributed by atoms with Crippen LogP contribution in [0.2, 0.25) is 0 Å². The maximum Gasteiger partial charge on any atom is 0.420 e. The molecule has 2 aliphatic carbocycles. The van der Waals surface area contributed by atoms with Crippen LogP contribution in [0.15, 0.2) is 53.2 Å². The molecule has 7 rings (SSSR count). The number of hydrogen-bond donors (Lipinski definition) is 2. The number of halogens is 4. The number of pyridine rings is 1. The monoisotopic (exact) mass is 592 g/mol. The van der Waals surface area contributed by atoms with Crippen molar-refractivity contribution in [1.82, 2.24) is 30.0 Å². The molecule has 0 spiro atoms. The third-order valence-electron chi connectivity index (χ3n) is 8.21. The number of nitrogens with one attached hydrogen (secondary N) is 1. The molecule has 0 saturated heterocycles. The summed E-state index contributed by atoms with van der Waals surface area (Å²) in [7, 11) is 1.76. The molecule has 0 amide bonds. The zero-order valence-electron chi connectivity index (χ0n) is 23.2. The molecule has 1 unspecified atom stereocenters. The van der Waals surface area contributed by atoms with Crippen LogP contribution in [0, 0.1) is 5.82 Å². The molecule has 3 aromatic heterocycles. The first kappa shape index (κ1) is 27.7. The van der Waals surface area contributed by atoms with E-state index in [-0.39, 0.29) is 41.2 Å². The molecule has 8 nitrogen and oxygen atoms in total. The zero-order chi connectivity index (χ0) is 29.9. The van der Waals surface area contributed by atoms with Crippen LogP contribution in [0.4, 0.5) is 17.6 Å². The molecule has 222 valence electrons. The third-order valence-corrected chi connectivity index (χ3v) is 8.21. The average molecular weight is 593 g/mol. The van der Waals surface area contributed by atoms with Gasteiger partial charge in [0.05, 0.1) is 6.10 Å². The van der Waals surface area contributed by atoms with Gasteiger partial charge in [-0.25, -0.2) is 14.4 Å². The SMILES string of the molecule is Cn1cnnc1-c1cc(F)ccc1-c1cc(-c2nc3cc(CNC4CCC[C@H]4O)cc(C(F)(F)F)c3o2)nc(C2CC2)c1. The van der Waals surface area contributed by atoms with Crippen molar-refractivity contribution in [3.8, 4) is 34.1 Å². The van der Waals surface area contributed by atoms with E-state index >= 15 is 0 Å². The maximum absolute atomic E-state index is 14.4. The smallest absolute Gasteiger partial charge is 0.420 e. The minimum atomic E-state index is -4.68. The summed E-state index contributed by atoms with van der Waals surface area (Å²) in [6.07, 6.45) is 0.509. The maximum atomic E-state index is 14.4. The Bertz CT molecular complexity index is 1830. The predicted molar refractivity (Wildman–Crippen MR) is 150 cm³/mol. The van der Waals surface area contributed by atoms with Crippen molar-refractivity contribution in [2.75, 3.05) is 0 Å². The van der Waals surface area contributed by atoms with Gasteiger partial charge in [0.25, 0.3) is 0 Å². The molecule has 12 heteroatoms. The van der Waals surface area contributed by atoms with Crippen molar-refractivity contribution in [2.45, 2.75) is 62.9 Å². The fourth-order valence-corrected chi connectivity index (χ4v) is 5.83. The van der Waals surface area contributed by atoms with Gasteiger partial charge in [-0.2, -0.15) is 13.2 Å². The van der Waals surface area contributed by atoms with Gasteiger partial charge in [0.1, 0.15) is 28.9 Å². The number of aliphatic hydroxyl groups is 1. The summed E-state index contributed by atoms with van der Waals surface area (Å²) >= 11 is 0. The van der Waals surface area contributed by atoms with Crippen molar-refractivity contribution < 1.29 is 27.1 Å². The number of oxazole rings is 1. The second kappa shape index (κ2) is 10.5. The molecule has 2 aliphatic rings. The van der Waals surface area contributed by atoms with Crippen molar-refractivity contribution >= 4 is 11.1 Å². The van der Waals surface area contributed by atoms with Gasteiger partial charge in [-0.3, -0.25) is 0 Å². The van der Waals surface area contributed by atoms with Crippen molar-refractivity contribution in [3.63, 3.8) is 0 Å². The first-order chi connectivity index (χ1) is 20.6. The normalized spacial score (nSPS) is 19.0. The molecule has 2 fully saturated rings. The Balaban J connectivity index is 1.33. The van der Waals surface area contributed by atoms with E-state index in [4.69, 9.17) is 9.40 Å². The van der Waals surface area contributed by atoms with Crippen LogP contribution >= 0.6 is 0 Å². The second-order valence-electron chi connectivity index (χ2n) is 11.4. The van der Waals surface area contributed by atoms with Gasteiger partial charge in [-0.15, -0.1) is 10.2 Å². The van der Waals surface area contributed by atoms with Gasteiger partial charge in [0.2, 0.25) is 5.89 Å². The molecular weight excluding hydrogens is 564 g/mol. The first-order valence-electron chi connectivity index (χ1n) is 14.2. The van der Waals surface area contributed by atoms with Gasteiger partial charge >= 0.3 is 6.18 Å². The summed E-state index contributed by atoms with van der Waals surface area (Å²) < 4.78 is 64.5. The van der Waals surface area contributed by atoms with Crippen molar-refractivity contribution in [2.24, 2.45) is 7.05 Å². The minimum absolute atomic E-state index is 0.0390. The van der Waals surface area contributed by atoms with E-state index in [1.165, 1.54) is 18.5 Å². The number of fused-ring (bicyclic) bond motifs is 1. The number of alkyl halides is 3. The lowest BCUT2D eigenvalue weighted by Crippen LogP contribution is -2.35. The van der Waals surface area contributed by atoms with Gasteiger partial charge in [0.15, 0.2) is 11.4 Å². The van der Waals surface area contributed by atoms with Gasteiger partial charge in [-0.05, 0) is 85.2 Å². The number of benzene rings is 2. The summed E-state index contributed by atoms with van der Waals surface area (Å²) in [5.74, 6) is 0.188. The largest absolute Gasteiger partial charge is 0.434 e. The minimum Gasteiger partial charge on any atom is -0.434 e. The molecule has 43 heavy (non-hydrogen) atoms. The van der Waals surface area contributed by atoms with E-state index in [9.17, 15) is 22.7 Å². The molecular formula is C31H28F4N6O2. The molecule has 0 radical (unpaired) electrons. The molecule has 2 aromatic carbocycles. The summed E-state index contributed by atoms with van der Waals surface area (Å²) in [5.41, 5.74) is 2.07. The standard InChI is InChI=1S/C31H28F4N6O2/c1-41-15-37-40-29(41)21-13-19(32)7-8-20(21)18-11-24(17-5-6-17)38-26(12-18)30-39-25-10-16(14-36-23-3-2-4-27(23)42)9-22(28(25)43-30)31(33,34)35/h7-13,15,17,23,27,36,42H,2-6,14H2,1H3/t23?,27-/m1/s1. The van der Waals surface area contributed by atoms with Crippen molar-refractivity contribution in [1.29, 1.82) is 0 Å². The average Bonchev–Trinajstić information content (AvgIpc) is 3.38. The Morgan fingerprint density at radius 2 is 1.86 bits per heavy atom. The van der Waals surface area contributed by atoms with Crippen molar-refractivity contribution in [3.05, 3.63) is 71.4 Å². The van der Waals surface area contributed by atoms with Crippen LogP contribution in [0.25, 0.3) is 45.2 Å². The number of nitrogens with zero attached hydrogens (tertiary/aromatic N) is 5. The number of rotatable bonds is 7. The van der Waals surface area contributed by atoms with E-state index in [1.807, 2.05) is 6.07 Å². The highest BCUT2D eigenvalue weighted by Crippen LogP contribution is 2.43. The lowest BCUT2D eigenvalue weighted by molar-refractivity contribution is -0.136. The highest BCUT2D eigenvalue weighted by atomic mass is 19.4. The fourth-order valence-electron chi connectivity index (χ4n) is 5.83. The second-order valence-corrected chi connectivity index (χ2v) is 11.4. The van der Waals surface area contributed by atoms with Crippen LogP contribution < -0.4 is 5.32 Å². The molecule has 0 bridgehead atoms. The molecule has 0 aliphatic heterocycles. The Morgan fingerprint density at radius 1 is 1.02 bits per heavy atom. The van der Waals surface area contributed by atoms with E-state index in [1.54, 1.807) is 29.8 Å². The molecule has 2 N–H and O–H groups in total. The summed E-state index contributed by atoms with van der Waals surface area (Å²) in [4.78, 5) is 9.22.